The number of nitrogens with one attached hydrogen (secondary N) is 1. The van der Waals surface area contributed by atoms with Crippen molar-refractivity contribution in [3.8, 4) is 11.5 Å². The zero-order valence-electron chi connectivity index (χ0n) is 26.7. The fourth-order valence-corrected chi connectivity index (χ4v) is 11.0. The SMILES string of the molecule is COc1ccc(COC2C(=S)NC(CO[Si](c3ccccc3)(c3ccccc3)C(C)(C)C)C2OCc2ccc(OC)cc2)cc1. The third kappa shape index (κ3) is 7.48. The third-order valence-corrected chi connectivity index (χ3v) is 13.7. The molecule has 0 bridgehead atoms. The lowest BCUT2D eigenvalue weighted by molar-refractivity contribution is -0.0608. The molecule has 3 atom stereocenters. The number of ether oxygens (including phenoxy) is 4. The van der Waals surface area contributed by atoms with Crippen LogP contribution in [0.4, 0.5) is 0 Å². The molecule has 236 valence electrons. The van der Waals surface area contributed by atoms with Crippen LogP contribution in [0.25, 0.3) is 0 Å². The largest absolute Gasteiger partial charge is 0.497 e. The van der Waals surface area contributed by atoms with Crippen LogP contribution in [-0.4, -0.2) is 52.4 Å². The molecule has 1 aliphatic rings. The molecule has 0 aliphatic carbocycles. The van der Waals surface area contributed by atoms with Crippen LogP contribution in [0.2, 0.25) is 5.04 Å². The van der Waals surface area contributed by atoms with Gasteiger partial charge >= 0.3 is 0 Å². The van der Waals surface area contributed by atoms with Crippen LogP contribution < -0.4 is 25.2 Å². The maximum absolute atomic E-state index is 7.30. The van der Waals surface area contributed by atoms with Gasteiger partial charge in [0.25, 0.3) is 8.32 Å². The third-order valence-electron chi connectivity index (χ3n) is 8.37. The van der Waals surface area contributed by atoms with E-state index < -0.39 is 14.4 Å². The zero-order valence-corrected chi connectivity index (χ0v) is 28.5. The van der Waals surface area contributed by atoms with Crippen LogP contribution in [-0.2, 0) is 27.1 Å². The normalized spacial score (nSPS) is 18.4. The number of benzene rings is 4. The van der Waals surface area contributed by atoms with Crippen molar-refractivity contribution >= 4 is 35.9 Å². The number of hydrogen-bond acceptors (Lipinski definition) is 6. The van der Waals surface area contributed by atoms with Crippen molar-refractivity contribution in [2.24, 2.45) is 0 Å². The van der Waals surface area contributed by atoms with E-state index in [2.05, 4.69) is 86.8 Å². The summed E-state index contributed by atoms with van der Waals surface area (Å²) in [5.41, 5.74) is 2.06. The Kier molecular flexibility index (Phi) is 10.7. The van der Waals surface area contributed by atoms with Gasteiger partial charge < -0.3 is 28.7 Å². The molecule has 8 heteroatoms. The minimum atomic E-state index is -2.77. The number of hydrogen-bond donors (Lipinski definition) is 1. The van der Waals surface area contributed by atoms with Gasteiger partial charge in [-0.2, -0.15) is 0 Å². The van der Waals surface area contributed by atoms with Crippen LogP contribution in [0, 0.1) is 0 Å². The molecule has 0 amide bonds. The molecule has 6 nitrogen and oxygen atoms in total. The van der Waals surface area contributed by atoms with Crippen LogP contribution in [0.1, 0.15) is 31.9 Å². The van der Waals surface area contributed by atoms with Crippen LogP contribution >= 0.6 is 12.2 Å². The average molecular weight is 642 g/mol. The van der Waals surface area contributed by atoms with E-state index in [1.165, 1.54) is 10.4 Å². The van der Waals surface area contributed by atoms with Crippen molar-refractivity contribution < 1.29 is 23.4 Å². The van der Waals surface area contributed by atoms with Gasteiger partial charge in [0.2, 0.25) is 0 Å². The lowest BCUT2D eigenvalue weighted by atomic mass is 10.1. The highest BCUT2D eigenvalue weighted by Gasteiger charge is 2.52. The molecule has 1 fully saturated rings. The minimum Gasteiger partial charge on any atom is -0.497 e. The first-order valence-corrected chi connectivity index (χ1v) is 17.6. The second-order valence-electron chi connectivity index (χ2n) is 12.3. The van der Waals surface area contributed by atoms with Crippen molar-refractivity contribution in [1.82, 2.24) is 5.32 Å². The van der Waals surface area contributed by atoms with Gasteiger partial charge in [0.15, 0.2) is 0 Å². The Balaban J connectivity index is 1.42. The zero-order chi connectivity index (χ0) is 31.9. The fraction of sp³-hybridized carbons (Fsp3) is 0.324. The second-order valence-corrected chi connectivity index (χ2v) is 17.0. The average Bonchev–Trinajstić information content (AvgIpc) is 3.37. The van der Waals surface area contributed by atoms with Crippen LogP contribution in [0.15, 0.2) is 109 Å². The Morgan fingerprint density at radius 1 is 0.667 bits per heavy atom. The standard InChI is InChI=1S/C37H43NO5SSi/c1-37(2,3)45(31-12-8-6-9-13-31,32-14-10-7-11-15-32)43-26-33-34(41-24-27-16-20-29(39-4)21-17-27)35(36(44)38-33)42-25-28-18-22-30(40-5)23-19-28/h6-23,33-35H,24-26H2,1-5H3,(H,38,44). The summed E-state index contributed by atoms with van der Waals surface area (Å²) in [6.07, 6.45) is -0.802. The number of thiocarbonyl (C=S) groups is 1. The summed E-state index contributed by atoms with van der Waals surface area (Å²) in [7, 11) is 0.552. The van der Waals surface area contributed by atoms with Gasteiger partial charge in [-0.1, -0.05) is 118 Å². The van der Waals surface area contributed by atoms with E-state index in [1.807, 2.05) is 48.5 Å². The molecule has 1 N–H and O–H groups in total. The van der Waals surface area contributed by atoms with Gasteiger partial charge in [0.1, 0.15) is 28.7 Å². The van der Waals surface area contributed by atoms with Gasteiger partial charge in [0.05, 0.1) is 40.1 Å². The van der Waals surface area contributed by atoms with Gasteiger partial charge in [-0.3, -0.25) is 0 Å². The van der Waals surface area contributed by atoms with Crippen LogP contribution in [0.3, 0.4) is 0 Å². The summed E-state index contributed by atoms with van der Waals surface area (Å²) in [5.74, 6) is 1.61. The summed E-state index contributed by atoms with van der Waals surface area (Å²) in [4.78, 5) is 0.624. The second kappa shape index (κ2) is 14.7. The first-order valence-electron chi connectivity index (χ1n) is 15.3. The summed E-state index contributed by atoms with van der Waals surface area (Å²) >= 11 is 5.88. The molecule has 4 aromatic carbocycles. The van der Waals surface area contributed by atoms with E-state index in [9.17, 15) is 0 Å². The Labute approximate surface area is 273 Å². The van der Waals surface area contributed by atoms with E-state index in [-0.39, 0.29) is 17.2 Å². The highest BCUT2D eigenvalue weighted by Crippen LogP contribution is 2.37. The lowest BCUT2D eigenvalue weighted by Gasteiger charge is -2.43. The molecule has 1 heterocycles. The van der Waals surface area contributed by atoms with Gasteiger partial charge in [-0.25, -0.2) is 0 Å². The Bertz CT molecular complexity index is 1470. The molecule has 5 rings (SSSR count). The van der Waals surface area contributed by atoms with Crippen molar-refractivity contribution in [2.45, 2.75) is 57.3 Å². The maximum atomic E-state index is 7.30. The molecule has 0 aromatic heterocycles. The van der Waals surface area contributed by atoms with Crippen molar-refractivity contribution in [3.05, 3.63) is 120 Å². The highest BCUT2D eigenvalue weighted by atomic mass is 32.1. The smallest absolute Gasteiger partial charge is 0.261 e. The van der Waals surface area contributed by atoms with E-state index in [1.54, 1.807) is 14.2 Å². The number of rotatable bonds is 13. The Hall–Kier alpha value is -3.53. The molecule has 4 aromatic rings. The lowest BCUT2D eigenvalue weighted by Crippen LogP contribution is -2.67. The van der Waals surface area contributed by atoms with Crippen LogP contribution in [0.5, 0.6) is 11.5 Å². The van der Waals surface area contributed by atoms with Crippen molar-refractivity contribution in [2.75, 3.05) is 20.8 Å². The summed E-state index contributed by atoms with van der Waals surface area (Å²) < 4.78 is 31.1. The molecule has 3 unspecified atom stereocenters. The maximum Gasteiger partial charge on any atom is 0.261 e. The van der Waals surface area contributed by atoms with Crippen molar-refractivity contribution in [1.29, 1.82) is 0 Å². The fourth-order valence-electron chi connectivity index (χ4n) is 6.02. The molecular weight excluding hydrogens is 599 g/mol. The predicted octanol–water partition coefficient (Wildman–Crippen LogP) is 6.05. The first-order chi connectivity index (χ1) is 21.7. The summed E-state index contributed by atoms with van der Waals surface area (Å²) in [6, 6.07) is 36.9. The summed E-state index contributed by atoms with van der Waals surface area (Å²) in [5, 5.41) is 5.83. The first kappa shape index (κ1) is 32.8. The topological polar surface area (TPSA) is 58.2 Å². The molecule has 45 heavy (non-hydrogen) atoms. The molecule has 0 saturated carbocycles. The van der Waals surface area contributed by atoms with E-state index in [4.69, 9.17) is 35.6 Å². The predicted molar refractivity (Wildman–Crippen MR) is 186 cm³/mol. The van der Waals surface area contributed by atoms with Gasteiger partial charge in [-0.05, 0) is 50.8 Å². The molecule has 1 aliphatic heterocycles. The van der Waals surface area contributed by atoms with E-state index in [0.29, 0.717) is 24.8 Å². The highest BCUT2D eigenvalue weighted by molar-refractivity contribution is 7.80. The minimum absolute atomic E-state index is 0.154. The van der Waals surface area contributed by atoms with Gasteiger partial charge in [-0.15, -0.1) is 0 Å². The molecule has 0 radical (unpaired) electrons. The summed E-state index contributed by atoms with van der Waals surface area (Å²) in [6.45, 7) is 8.04. The number of methoxy groups -OCH3 is 2. The van der Waals surface area contributed by atoms with E-state index in [0.717, 1.165) is 22.6 Å². The quantitative estimate of drug-likeness (QED) is 0.141. The molecule has 0 spiro atoms. The van der Waals surface area contributed by atoms with Gasteiger partial charge in [0, 0.05) is 0 Å². The Morgan fingerprint density at radius 3 is 1.58 bits per heavy atom. The monoisotopic (exact) mass is 641 g/mol. The Morgan fingerprint density at radius 2 is 1.13 bits per heavy atom. The molecular formula is C37H43NO5SSi. The molecule has 1 saturated heterocycles. The van der Waals surface area contributed by atoms with E-state index >= 15 is 0 Å². The van der Waals surface area contributed by atoms with Crippen molar-refractivity contribution in [3.63, 3.8) is 0 Å².